The molecule has 0 aliphatic rings. The van der Waals surface area contributed by atoms with Gasteiger partial charge in [0.15, 0.2) is 4.80 Å². The molecule has 0 bridgehead atoms. The number of nitro groups is 1. The Kier molecular flexibility index (Phi) is 7.50. The molecule has 0 fully saturated rings. The van der Waals surface area contributed by atoms with Gasteiger partial charge in [0.05, 0.1) is 28.4 Å². The van der Waals surface area contributed by atoms with Gasteiger partial charge in [-0.1, -0.05) is 11.3 Å². The number of fused-ring (bicyclic) bond motifs is 1. The Morgan fingerprint density at radius 3 is 2.56 bits per heavy atom. The molecule has 32 heavy (non-hydrogen) atoms. The van der Waals surface area contributed by atoms with E-state index >= 15 is 0 Å². The maximum atomic E-state index is 12.5. The minimum Gasteiger partial charge on any atom is -0.494 e. The quantitative estimate of drug-likeness (QED) is 0.221. The van der Waals surface area contributed by atoms with Crippen LogP contribution in [0.4, 0.5) is 5.69 Å². The van der Waals surface area contributed by atoms with Crippen molar-refractivity contribution in [3.8, 4) is 5.75 Å². The zero-order chi connectivity index (χ0) is 23.1. The minimum atomic E-state index is -0.530. The van der Waals surface area contributed by atoms with Crippen LogP contribution >= 0.6 is 11.3 Å². The molecule has 10 heteroatoms. The summed E-state index contributed by atoms with van der Waals surface area (Å²) in [5, 5.41) is 10.7. The molecule has 166 valence electrons. The summed E-state index contributed by atoms with van der Waals surface area (Å²) < 4.78 is 13.0. The lowest BCUT2D eigenvalue weighted by atomic mass is 10.2. The molecule has 0 aliphatic carbocycles. The molecule has 0 unspecified atom stereocenters. The third-order valence-corrected chi connectivity index (χ3v) is 5.33. The Morgan fingerprint density at radius 2 is 1.91 bits per heavy atom. The van der Waals surface area contributed by atoms with Gasteiger partial charge in [-0.25, -0.2) is 0 Å². The van der Waals surface area contributed by atoms with Gasteiger partial charge in [0.1, 0.15) is 12.3 Å². The van der Waals surface area contributed by atoms with E-state index in [1.807, 2.05) is 19.1 Å². The summed E-state index contributed by atoms with van der Waals surface area (Å²) in [5.41, 5.74) is 1.32. The predicted octanol–water partition coefficient (Wildman–Crippen LogP) is 3.71. The average molecular weight is 455 g/mol. The van der Waals surface area contributed by atoms with Crippen LogP contribution in [-0.4, -0.2) is 34.6 Å². The van der Waals surface area contributed by atoms with Crippen LogP contribution in [0, 0.1) is 10.1 Å². The molecule has 0 atom stereocenters. The van der Waals surface area contributed by atoms with Gasteiger partial charge in [0.2, 0.25) is 0 Å². The first-order valence-corrected chi connectivity index (χ1v) is 10.7. The van der Waals surface area contributed by atoms with Gasteiger partial charge >= 0.3 is 5.97 Å². The lowest BCUT2D eigenvalue weighted by Crippen LogP contribution is -2.22. The van der Waals surface area contributed by atoms with Crippen molar-refractivity contribution < 1.29 is 24.0 Å². The summed E-state index contributed by atoms with van der Waals surface area (Å²) in [6.07, 6.45) is 2.79. The summed E-state index contributed by atoms with van der Waals surface area (Å²) in [4.78, 5) is 39.3. The fourth-order valence-corrected chi connectivity index (χ4v) is 3.95. The van der Waals surface area contributed by atoms with E-state index in [1.165, 1.54) is 47.8 Å². The molecule has 1 amide bonds. The van der Waals surface area contributed by atoms with E-state index in [0.29, 0.717) is 22.7 Å². The summed E-state index contributed by atoms with van der Waals surface area (Å²) in [5.74, 6) is -0.283. The Hall–Kier alpha value is -3.79. The third-order valence-electron chi connectivity index (χ3n) is 4.29. The van der Waals surface area contributed by atoms with E-state index in [0.717, 1.165) is 10.2 Å². The van der Waals surface area contributed by atoms with Crippen LogP contribution in [-0.2, 0) is 20.9 Å². The smallest absolute Gasteiger partial charge is 0.326 e. The Morgan fingerprint density at radius 1 is 1.16 bits per heavy atom. The normalized spacial score (nSPS) is 11.8. The second-order valence-corrected chi connectivity index (χ2v) is 7.48. The van der Waals surface area contributed by atoms with Crippen molar-refractivity contribution >= 4 is 45.2 Å². The average Bonchev–Trinajstić information content (AvgIpc) is 3.09. The monoisotopic (exact) mass is 455 g/mol. The number of rotatable bonds is 8. The van der Waals surface area contributed by atoms with Gasteiger partial charge in [0, 0.05) is 18.2 Å². The van der Waals surface area contributed by atoms with Crippen LogP contribution < -0.4 is 9.54 Å². The first-order valence-electron chi connectivity index (χ1n) is 9.84. The molecule has 0 saturated heterocycles. The number of non-ortho nitro benzene ring substituents is 1. The third kappa shape index (κ3) is 5.67. The van der Waals surface area contributed by atoms with Crippen molar-refractivity contribution in [1.82, 2.24) is 4.57 Å². The highest BCUT2D eigenvalue weighted by molar-refractivity contribution is 7.16. The number of nitrogens with zero attached hydrogens (tertiary/aromatic N) is 3. The van der Waals surface area contributed by atoms with E-state index in [4.69, 9.17) is 9.47 Å². The van der Waals surface area contributed by atoms with Crippen LogP contribution in [0.1, 0.15) is 19.4 Å². The lowest BCUT2D eigenvalue weighted by molar-refractivity contribution is -0.384. The summed E-state index contributed by atoms with van der Waals surface area (Å²) >= 11 is 1.26. The molecule has 0 N–H and O–H groups in total. The van der Waals surface area contributed by atoms with Crippen molar-refractivity contribution in [1.29, 1.82) is 0 Å². The van der Waals surface area contributed by atoms with Crippen LogP contribution in [0.5, 0.6) is 5.75 Å². The maximum Gasteiger partial charge on any atom is 0.326 e. The zero-order valence-corrected chi connectivity index (χ0v) is 18.3. The molecular weight excluding hydrogens is 434 g/mol. The van der Waals surface area contributed by atoms with E-state index < -0.39 is 16.8 Å². The van der Waals surface area contributed by atoms with Gasteiger partial charge in [0.25, 0.3) is 11.6 Å². The topological polar surface area (TPSA) is 113 Å². The van der Waals surface area contributed by atoms with Crippen molar-refractivity contribution in [2.45, 2.75) is 20.4 Å². The Balaban J connectivity index is 1.94. The molecule has 3 aromatic rings. The SMILES string of the molecule is CCOC(=O)Cn1c(=NC(=O)C=Cc2ccc([N+](=O)[O-])cc2)sc2cc(OCC)ccc21. The minimum absolute atomic E-state index is 0.0325. The number of aromatic nitrogens is 1. The van der Waals surface area contributed by atoms with Gasteiger partial charge in [-0.05, 0) is 55.8 Å². The fourth-order valence-electron chi connectivity index (χ4n) is 2.89. The molecule has 0 radical (unpaired) electrons. The molecule has 1 aromatic heterocycles. The largest absolute Gasteiger partial charge is 0.494 e. The second-order valence-electron chi connectivity index (χ2n) is 6.47. The van der Waals surface area contributed by atoms with Crippen molar-refractivity contribution in [2.75, 3.05) is 13.2 Å². The fraction of sp³-hybridized carbons (Fsp3) is 0.227. The van der Waals surface area contributed by atoms with Crippen molar-refractivity contribution in [3.05, 3.63) is 69.0 Å². The van der Waals surface area contributed by atoms with Gasteiger partial charge in [-0.15, -0.1) is 0 Å². The second kappa shape index (κ2) is 10.5. The summed E-state index contributed by atoms with van der Waals surface area (Å²) in [6, 6.07) is 11.2. The molecule has 0 spiro atoms. The number of hydrogen-bond acceptors (Lipinski definition) is 7. The molecule has 2 aromatic carbocycles. The number of carbonyl (C=O) groups excluding carboxylic acids is 2. The molecular formula is C22H21N3O6S. The zero-order valence-electron chi connectivity index (χ0n) is 17.5. The van der Waals surface area contributed by atoms with E-state index in [-0.39, 0.29) is 18.8 Å². The standard InChI is InChI=1S/C22H21N3O6S/c1-3-30-17-10-11-18-19(13-17)32-22(24(18)14-21(27)31-4-2)23-20(26)12-7-15-5-8-16(9-6-15)25(28)29/h5-13H,3-4,14H2,1-2H3. The van der Waals surface area contributed by atoms with Gasteiger partial charge < -0.3 is 14.0 Å². The van der Waals surface area contributed by atoms with E-state index in [2.05, 4.69) is 4.99 Å². The van der Waals surface area contributed by atoms with Crippen LogP contribution in [0.25, 0.3) is 16.3 Å². The summed E-state index contributed by atoms with van der Waals surface area (Å²) in [6.45, 7) is 4.29. The van der Waals surface area contributed by atoms with Crippen molar-refractivity contribution in [3.63, 3.8) is 0 Å². The molecule has 1 heterocycles. The number of esters is 1. The number of ether oxygens (including phenoxy) is 2. The molecule has 3 rings (SSSR count). The highest BCUT2D eigenvalue weighted by Gasteiger charge is 2.13. The number of amides is 1. The number of benzene rings is 2. The predicted molar refractivity (Wildman–Crippen MR) is 120 cm³/mol. The molecule has 9 nitrogen and oxygen atoms in total. The molecule has 0 aliphatic heterocycles. The van der Waals surface area contributed by atoms with Crippen molar-refractivity contribution in [2.24, 2.45) is 4.99 Å². The highest BCUT2D eigenvalue weighted by Crippen LogP contribution is 2.23. The first-order chi connectivity index (χ1) is 15.4. The van der Waals surface area contributed by atoms with Crippen LogP contribution in [0.15, 0.2) is 53.5 Å². The highest BCUT2D eigenvalue weighted by atomic mass is 32.1. The van der Waals surface area contributed by atoms with E-state index in [1.54, 1.807) is 17.6 Å². The van der Waals surface area contributed by atoms with Gasteiger partial charge in [-0.2, -0.15) is 4.99 Å². The van der Waals surface area contributed by atoms with E-state index in [9.17, 15) is 19.7 Å². The Bertz CT molecular complexity index is 1240. The van der Waals surface area contributed by atoms with Crippen LogP contribution in [0.3, 0.4) is 0 Å². The summed E-state index contributed by atoms with van der Waals surface area (Å²) in [7, 11) is 0. The Labute approximate surface area is 187 Å². The lowest BCUT2D eigenvalue weighted by Gasteiger charge is -2.06. The van der Waals surface area contributed by atoms with Gasteiger partial charge in [-0.3, -0.25) is 19.7 Å². The van der Waals surface area contributed by atoms with Crippen LogP contribution in [0.2, 0.25) is 0 Å². The number of nitro benzene ring substituents is 1. The molecule has 0 saturated carbocycles. The maximum absolute atomic E-state index is 12.5. The number of thiazole rings is 1. The number of hydrogen-bond donors (Lipinski definition) is 0. The number of carbonyl (C=O) groups is 2. The first kappa shape index (κ1) is 22.9.